The third kappa shape index (κ3) is 3.35. The lowest BCUT2D eigenvalue weighted by Crippen LogP contribution is -2.49. The van der Waals surface area contributed by atoms with Crippen molar-refractivity contribution in [2.75, 3.05) is 0 Å². The minimum Gasteiger partial charge on any atom is -0.297 e. The van der Waals surface area contributed by atoms with Gasteiger partial charge in [0.15, 0.2) is 11.4 Å². The van der Waals surface area contributed by atoms with Crippen LogP contribution in [0.3, 0.4) is 0 Å². The first-order chi connectivity index (χ1) is 15.0. The van der Waals surface area contributed by atoms with E-state index in [4.69, 9.17) is 0 Å². The van der Waals surface area contributed by atoms with Crippen LogP contribution in [0.5, 0.6) is 0 Å². The molecule has 4 nitrogen and oxygen atoms in total. The van der Waals surface area contributed by atoms with E-state index in [1.54, 1.807) is 6.20 Å². The van der Waals surface area contributed by atoms with Gasteiger partial charge in [0.25, 0.3) is 0 Å². The zero-order chi connectivity index (χ0) is 21.2. The number of ketones is 1. The standard InChI is InChI=1S/C27H37N3O.CH4/c1-17-5-7-20-18(14-17)6-8-22-21(20)11-12-27(2)23(22)9-10-24(27)25(31)16-30-26-19(15-29-30)4-3-13-28-26;/h3-4,13,15,17-18,20-24H,5-12,14,16H2,1-2H3;1H4. The van der Waals surface area contributed by atoms with Crippen molar-refractivity contribution in [1.82, 2.24) is 14.8 Å². The Morgan fingerprint density at radius 2 is 1.94 bits per heavy atom. The smallest absolute Gasteiger partial charge is 0.158 e. The van der Waals surface area contributed by atoms with Gasteiger partial charge in [-0.15, -0.1) is 0 Å². The molecular formula is C28H41N3O. The fourth-order valence-electron chi connectivity index (χ4n) is 8.90. The second kappa shape index (κ2) is 8.25. The van der Waals surface area contributed by atoms with Crippen LogP contribution in [0.1, 0.15) is 79.1 Å². The van der Waals surface area contributed by atoms with Crippen molar-refractivity contribution in [3.05, 3.63) is 24.5 Å². The molecule has 4 fully saturated rings. The number of carbonyl (C=O) groups excluding carboxylic acids is 1. The molecule has 0 N–H and O–H groups in total. The number of hydrogen-bond acceptors (Lipinski definition) is 3. The normalized spacial score (nSPS) is 40.8. The number of hydrogen-bond donors (Lipinski definition) is 0. The summed E-state index contributed by atoms with van der Waals surface area (Å²) in [5, 5.41) is 5.50. The van der Waals surface area contributed by atoms with Gasteiger partial charge in [0.1, 0.15) is 6.54 Å². The van der Waals surface area contributed by atoms with Gasteiger partial charge in [-0.1, -0.05) is 27.7 Å². The average Bonchev–Trinajstić information content (AvgIpc) is 3.34. The fraction of sp³-hybridized carbons (Fsp3) is 0.750. The quantitative estimate of drug-likeness (QED) is 0.550. The van der Waals surface area contributed by atoms with E-state index in [1.165, 1.54) is 51.4 Å². The van der Waals surface area contributed by atoms with E-state index in [-0.39, 0.29) is 18.8 Å². The fourth-order valence-corrected chi connectivity index (χ4v) is 8.90. The van der Waals surface area contributed by atoms with Crippen molar-refractivity contribution < 1.29 is 4.79 Å². The third-order valence-electron chi connectivity index (χ3n) is 10.3. The highest BCUT2D eigenvalue weighted by Crippen LogP contribution is 2.64. The van der Waals surface area contributed by atoms with Crippen LogP contribution in [-0.2, 0) is 11.3 Å². The molecule has 4 aliphatic rings. The van der Waals surface area contributed by atoms with Crippen LogP contribution in [0.15, 0.2) is 24.5 Å². The Labute approximate surface area is 193 Å². The van der Waals surface area contributed by atoms with Gasteiger partial charge in [-0.05, 0) is 104 Å². The van der Waals surface area contributed by atoms with Crippen LogP contribution < -0.4 is 0 Å². The van der Waals surface area contributed by atoms with Gasteiger partial charge in [-0.3, -0.25) is 4.79 Å². The Bertz CT molecular complexity index is 982. The molecule has 0 radical (unpaired) electrons. The number of pyridine rings is 1. The summed E-state index contributed by atoms with van der Waals surface area (Å²) in [6.07, 6.45) is 15.9. The van der Waals surface area contributed by atoms with Gasteiger partial charge < -0.3 is 0 Å². The number of Topliss-reactive ketones (excluding diaryl/α,β-unsaturated/α-hetero) is 1. The number of nitrogens with zero attached hydrogens (tertiary/aromatic N) is 3. The number of fused-ring (bicyclic) bond motifs is 6. The SMILES string of the molecule is C.CC1CCC2C(CCC3C2CCC2(C)C(C(=O)Cn4ncc5cccnc54)CCC32)C1. The van der Waals surface area contributed by atoms with Crippen LogP contribution in [0, 0.1) is 46.8 Å². The van der Waals surface area contributed by atoms with E-state index >= 15 is 0 Å². The first-order valence-electron chi connectivity index (χ1n) is 12.8. The second-order valence-corrected chi connectivity index (χ2v) is 11.7. The maximum atomic E-state index is 13.6. The van der Waals surface area contributed by atoms with Crippen LogP contribution in [-0.4, -0.2) is 20.5 Å². The topological polar surface area (TPSA) is 47.8 Å². The van der Waals surface area contributed by atoms with E-state index in [9.17, 15) is 4.79 Å². The summed E-state index contributed by atoms with van der Waals surface area (Å²) in [4.78, 5) is 18.0. The van der Waals surface area contributed by atoms with Gasteiger partial charge in [0.2, 0.25) is 0 Å². The molecule has 6 rings (SSSR count). The Hall–Kier alpha value is -1.71. The Balaban J connectivity index is 0.00000216. The maximum Gasteiger partial charge on any atom is 0.158 e. The first kappa shape index (κ1) is 22.1. The van der Waals surface area contributed by atoms with Crippen LogP contribution in [0.25, 0.3) is 11.0 Å². The molecule has 4 heteroatoms. The molecular weight excluding hydrogens is 394 g/mol. The summed E-state index contributed by atoms with van der Waals surface area (Å²) in [5.74, 6) is 6.08. The van der Waals surface area contributed by atoms with Crippen molar-refractivity contribution in [3.8, 4) is 0 Å². The summed E-state index contributed by atoms with van der Waals surface area (Å²) in [5.41, 5.74) is 1.03. The van der Waals surface area contributed by atoms with Crippen LogP contribution in [0.2, 0.25) is 0 Å². The molecule has 8 unspecified atom stereocenters. The van der Waals surface area contributed by atoms with Gasteiger partial charge in [-0.2, -0.15) is 5.10 Å². The summed E-state index contributed by atoms with van der Waals surface area (Å²) < 4.78 is 1.83. The Morgan fingerprint density at radius 3 is 2.81 bits per heavy atom. The Morgan fingerprint density at radius 1 is 1.09 bits per heavy atom. The van der Waals surface area contributed by atoms with Crippen molar-refractivity contribution >= 4 is 16.8 Å². The molecule has 4 saturated carbocycles. The molecule has 32 heavy (non-hydrogen) atoms. The lowest BCUT2D eigenvalue weighted by molar-refractivity contribution is -0.131. The van der Waals surface area contributed by atoms with Crippen molar-refractivity contribution in [3.63, 3.8) is 0 Å². The van der Waals surface area contributed by atoms with Crippen LogP contribution >= 0.6 is 0 Å². The van der Waals surface area contributed by atoms with Crippen LogP contribution in [0.4, 0.5) is 0 Å². The molecule has 0 spiro atoms. The monoisotopic (exact) mass is 435 g/mol. The summed E-state index contributed by atoms with van der Waals surface area (Å²) in [6, 6.07) is 3.95. The molecule has 0 bridgehead atoms. The molecule has 4 aliphatic carbocycles. The Kier molecular flexibility index (Phi) is 5.70. The lowest BCUT2D eigenvalue weighted by atomic mass is 9.49. The number of rotatable bonds is 3. The maximum absolute atomic E-state index is 13.6. The highest BCUT2D eigenvalue weighted by Gasteiger charge is 2.58. The van der Waals surface area contributed by atoms with Gasteiger partial charge >= 0.3 is 0 Å². The van der Waals surface area contributed by atoms with Gasteiger partial charge in [0, 0.05) is 17.5 Å². The van der Waals surface area contributed by atoms with Crippen molar-refractivity contribution in [1.29, 1.82) is 0 Å². The van der Waals surface area contributed by atoms with E-state index in [2.05, 4.69) is 23.9 Å². The summed E-state index contributed by atoms with van der Waals surface area (Å²) in [6.45, 7) is 5.31. The van der Waals surface area contributed by atoms with Crippen molar-refractivity contribution in [2.24, 2.45) is 46.8 Å². The number of carbonyl (C=O) groups is 1. The molecule has 2 aromatic rings. The third-order valence-corrected chi connectivity index (χ3v) is 10.3. The molecule has 174 valence electrons. The van der Waals surface area contributed by atoms with E-state index < -0.39 is 0 Å². The summed E-state index contributed by atoms with van der Waals surface area (Å²) in [7, 11) is 0. The van der Waals surface area contributed by atoms with Crippen molar-refractivity contribution in [2.45, 2.75) is 85.6 Å². The molecule has 0 aliphatic heterocycles. The zero-order valence-corrected chi connectivity index (χ0v) is 19.2. The molecule has 8 atom stereocenters. The lowest BCUT2D eigenvalue weighted by Gasteiger charge is -2.56. The summed E-state index contributed by atoms with van der Waals surface area (Å²) >= 11 is 0. The van der Waals surface area contributed by atoms with E-state index in [0.29, 0.717) is 12.3 Å². The van der Waals surface area contributed by atoms with Gasteiger partial charge in [0.05, 0.1) is 6.20 Å². The first-order valence-corrected chi connectivity index (χ1v) is 12.8. The zero-order valence-electron chi connectivity index (χ0n) is 19.2. The minimum absolute atomic E-state index is 0. The molecule has 0 aromatic carbocycles. The molecule has 2 heterocycles. The van der Waals surface area contributed by atoms with Gasteiger partial charge in [-0.25, -0.2) is 9.67 Å². The highest BCUT2D eigenvalue weighted by molar-refractivity contribution is 5.84. The predicted octanol–water partition coefficient (Wildman–Crippen LogP) is 6.54. The number of aromatic nitrogens is 3. The largest absolute Gasteiger partial charge is 0.297 e. The predicted molar refractivity (Wildman–Crippen MR) is 129 cm³/mol. The van der Waals surface area contributed by atoms with E-state index in [1.807, 2.05) is 23.0 Å². The molecule has 0 saturated heterocycles. The molecule has 2 aromatic heterocycles. The second-order valence-electron chi connectivity index (χ2n) is 11.7. The van der Waals surface area contributed by atoms with E-state index in [0.717, 1.165) is 53.0 Å². The highest BCUT2D eigenvalue weighted by atomic mass is 16.1. The minimum atomic E-state index is 0. The molecule has 0 amide bonds. The average molecular weight is 436 g/mol.